The van der Waals surface area contributed by atoms with Gasteiger partial charge in [-0.15, -0.1) is 0 Å². The van der Waals surface area contributed by atoms with E-state index in [-0.39, 0.29) is 6.61 Å². The standard InChI is InChI=1S/C14H21NO3/c1-10-6-4-5-7-11(10)8-12(13(17)18)15-14(2,3)9-16/h4-7,12,15-16H,8-9H2,1-3H3,(H,17,18)/t12-/m0/s1. The van der Waals surface area contributed by atoms with Gasteiger partial charge in [-0.1, -0.05) is 24.3 Å². The van der Waals surface area contributed by atoms with Crippen molar-refractivity contribution >= 4 is 5.97 Å². The first-order valence-electron chi connectivity index (χ1n) is 6.01. The fourth-order valence-corrected chi connectivity index (χ4v) is 1.78. The molecule has 18 heavy (non-hydrogen) atoms. The van der Waals surface area contributed by atoms with Crippen LogP contribution in [0.2, 0.25) is 0 Å². The monoisotopic (exact) mass is 251 g/mol. The Kier molecular flexibility index (Phi) is 4.87. The highest BCUT2D eigenvalue weighted by Crippen LogP contribution is 2.12. The molecule has 1 aromatic carbocycles. The summed E-state index contributed by atoms with van der Waals surface area (Å²) in [6.45, 7) is 5.41. The average Bonchev–Trinajstić information content (AvgIpc) is 2.30. The van der Waals surface area contributed by atoms with Crippen LogP contribution in [-0.2, 0) is 11.2 Å². The van der Waals surface area contributed by atoms with E-state index in [1.54, 1.807) is 13.8 Å². The van der Waals surface area contributed by atoms with Crippen molar-refractivity contribution in [1.29, 1.82) is 0 Å². The minimum atomic E-state index is -0.903. The summed E-state index contributed by atoms with van der Waals surface area (Å²) < 4.78 is 0. The Hall–Kier alpha value is -1.39. The molecule has 0 aliphatic carbocycles. The Morgan fingerprint density at radius 2 is 2.00 bits per heavy atom. The smallest absolute Gasteiger partial charge is 0.321 e. The Morgan fingerprint density at radius 3 is 2.50 bits per heavy atom. The highest BCUT2D eigenvalue weighted by Gasteiger charge is 2.26. The van der Waals surface area contributed by atoms with E-state index in [4.69, 9.17) is 0 Å². The van der Waals surface area contributed by atoms with Gasteiger partial charge >= 0.3 is 5.97 Å². The maximum Gasteiger partial charge on any atom is 0.321 e. The van der Waals surface area contributed by atoms with E-state index in [9.17, 15) is 15.0 Å². The second kappa shape index (κ2) is 5.98. The number of aryl methyl sites for hydroxylation is 1. The Morgan fingerprint density at radius 1 is 1.39 bits per heavy atom. The number of carboxylic acid groups (broad SMARTS) is 1. The van der Waals surface area contributed by atoms with Gasteiger partial charge in [0.15, 0.2) is 0 Å². The molecule has 0 fully saturated rings. The van der Waals surface area contributed by atoms with Crippen LogP contribution in [0.1, 0.15) is 25.0 Å². The molecule has 1 aromatic rings. The van der Waals surface area contributed by atoms with Gasteiger partial charge in [0, 0.05) is 5.54 Å². The van der Waals surface area contributed by atoms with Crippen molar-refractivity contribution in [3.63, 3.8) is 0 Å². The van der Waals surface area contributed by atoms with Gasteiger partial charge in [-0.05, 0) is 38.3 Å². The fourth-order valence-electron chi connectivity index (χ4n) is 1.78. The minimum absolute atomic E-state index is 0.107. The Labute approximate surface area is 108 Å². The molecule has 0 amide bonds. The van der Waals surface area contributed by atoms with E-state index in [0.717, 1.165) is 11.1 Å². The van der Waals surface area contributed by atoms with E-state index < -0.39 is 17.6 Å². The first-order valence-corrected chi connectivity index (χ1v) is 6.01. The molecule has 0 radical (unpaired) electrons. The number of rotatable bonds is 6. The normalized spacial score (nSPS) is 13.3. The van der Waals surface area contributed by atoms with Crippen molar-refractivity contribution < 1.29 is 15.0 Å². The second-order valence-electron chi connectivity index (χ2n) is 5.21. The third-order valence-electron chi connectivity index (χ3n) is 2.94. The number of aliphatic hydroxyl groups is 1. The summed E-state index contributed by atoms with van der Waals surface area (Å²) >= 11 is 0. The molecular formula is C14H21NO3. The van der Waals surface area contributed by atoms with Crippen molar-refractivity contribution in [3.8, 4) is 0 Å². The molecule has 1 atom stereocenters. The van der Waals surface area contributed by atoms with Crippen LogP contribution < -0.4 is 5.32 Å². The van der Waals surface area contributed by atoms with Gasteiger partial charge in [0.25, 0.3) is 0 Å². The molecule has 0 saturated heterocycles. The summed E-state index contributed by atoms with van der Waals surface area (Å²) in [6.07, 6.45) is 0.408. The van der Waals surface area contributed by atoms with Crippen LogP contribution in [0.5, 0.6) is 0 Å². The lowest BCUT2D eigenvalue weighted by Crippen LogP contribution is -2.52. The molecule has 0 bridgehead atoms. The molecular weight excluding hydrogens is 230 g/mol. The topological polar surface area (TPSA) is 69.6 Å². The fraction of sp³-hybridized carbons (Fsp3) is 0.500. The van der Waals surface area contributed by atoms with Gasteiger partial charge in [0.1, 0.15) is 6.04 Å². The maximum absolute atomic E-state index is 11.3. The van der Waals surface area contributed by atoms with E-state index in [1.807, 2.05) is 31.2 Å². The predicted octanol–water partition coefficient (Wildman–Crippen LogP) is 1.35. The van der Waals surface area contributed by atoms with Crippen LogP contribution in [0.3, 0.4) is 0 Å². The van der Waals surface area contributed by atoms with Gasteiger partial charge in [0.2, 0.25) is 0 Å². The van der Waals surface area contributed by atoms with Crippen molar-refractivity contribution in [1.82, 2.24) is 5.32 Å². The number of carbonyl (C=O) groups is 1. The molecule has 0 saturated carbocycles. The molecule has 4 nitrogen and oxygen atoms in total. The summed E-state index contributed by atoms with van der Waals surface area (Å²) in [4.78, 5) is 11.3. The summed E-state index contributed by atoms with van der Waals surface area (Å²) in [5.41, 5.74) is 1.48. The third kappa shape index (κ3) is 4.13. The number of aliphatic carboxylic acids is 1. The van der Waals surface area contributed by atoms with Crippen LogP contribution in [-0.4, -0.2) is 34.4 Å². The molecule has 100 valence electrons. The molecule has 0 aliphatic heterocycles. The molecule has 4 heteroatoms. The number of nitrogens with one attached hydrogen (secondary N) is 1. The largest absolute Gasteiger partial charge is 0.480 e. The number of aliphatic hydroxyl groups excluding tert-OH is 1. The Balaban J connectivity index is 2.82. The molecule has 0 unspecified atom stereocenters. The first-order chi connectivity index (χ1) is 8.35. The lowest BCUT2D eigenvalue weighted by Gasteiger charge is -2.28. The van der Waals surface area contributed by atoms with Crippen molar-refractivity contribution in [2.45, 2.75) is 38.8 Å². The van der Waals surface area contributed by atoms with Crippen LogP contribution in [0.25, 0.3) is 0 Å². The highest BCUT2D eigenvalue weighted by atomic mass is 16.4. The van der Waals surface area contributed by atoms with Crippen LogP contribution in [0.15, 0.2) is 24.3 Å². The van der Waals surface area contributed by atoms with E-state index in [2.05, 4.69) is 5.32 Å². The summed E-state index contributed by atoms with van der Waals surface area (Å²) in [5, 5.41) is 21.4. The zero-order chi connectivity index (χ0) is 13.8. The van der Waals surface area contributed by atoms with Gasteiger partial charge in [0.05, 0.1) is 6.61 Å². The third-order valence-corrected chi connectivity index (χ3v) is 2.94. The van der Waals surface area contributed by atoms with Gasteiger partial charge in [-0.25, -0.2) is 0 Å². The highest BCUT2D eigenvalue weighted by molar-refractivity contribution is 5.74. The number of hydrogen-bond donors (Lipinski definition) is 3. The van der Waals surface area contributed by atoms with Crippen LogP contribution in [0.4, 0.5) is 0 Å². The average molecular weight is 251 g/mol. The van der Waals surface area contributed by atoms with Crippen LogP contribution >= 0.6 is 0 Å². The molecule has 0 heterocycles. The molecule has 0 spiro atoms. The van der Waals surface area contributed by atoms with E-state index in [1.165, 1.54) is 0 Å². The van der Waals surface area contributed by atoms with Gasteiger partial charge < -0.3 is 10.2 Å². The van der Waals surface area contributed by atoms with Crippen molar-refractivity contribution in [3.05, 3.63) is 35.4 Å². The maximum atomic E-state index is 11.3. The van der Waals surface area contributed by atoms with E-state index in [0.29, 0.717) is 6.42 Å². The number of carboxylic acids is 1. The predicted molar refractivity (Wildman–Crippen MR) is 70.6 cm³/mol. The molecule has 0 aliphatic rings. The second-order valence-corrected chi connectivity index (χ2v) is 5.21. The van der Waals surface area contributed by atoms with Crippen molar-refractivity contribution in [2.75, 3.05) is 6.61 Å². The van der Waals surface area contributed by atoms with E-state index >= 15 is 0 Å². The quantitative estimate of drug-likeness (QED) is 0.714. The molecule has 0 aromatic heterocycles. The summed E-state index contributed by atoms with van der Waals surface area (Å²) in [5.74, 6) is -0.903. The minimum Gasteiger partial charge on any atom is -0.480 e. The number of benzene rings is 1. The Bertz CT molecular complexity index is 415. The molecule has 1 rings (SSSR count). The SMILES string of the molecule is Cc1ccccc1C[C@H](NC(C)(C)CO)C(=O)O. The summed E-state index contributed by atoms with van der Waals surface area (Å²) in [7, 11) is 0. The molecule has 3 N–H and O–H groups in total. The van der Waals surface area contributed by atoms with Gasteiger partial charge in [-0.2, -0.15) is 0 Å². The van der Waals surface area contributed by atoms with Gasteiger partial charge in [-0.3, -0.25) is 10.1 Å². The van der Waals surface area contributed by atoms with Crippen molar-refractivity contribution in [2.24, 2.45) is 0 Å². The lowest BCUT2D eigenvalue weighted by molar-refractivity contribution is -0.140. The lowest BCUT2D eigenvalue weighted by atomic mass is 9.98. The first kappa shape index (κ1) is 14.7. The van der Waals surface area contributed by atoms with Crippen LogP contribution in [0, 0.1) is 6.92 Å². The number of hydrogen-bond acceptors (Lipinski definition) is 3. The summed E-state index contributed by atoms with van der Waals surface area (Å²) in [6, 6.07) is 7.02. The zero-order valence-electron chi connectivity index (χ0n) is 11.1. The zero-order valence-corrected chi connectivity index (χ0v) is 11.1.